The summed E-state index contributed by atoms with van der Waals surface area (Å²) in [6, 6.07) is 8.15. The molecule has 148 valence electrons. The first kappa shape index (κ1) is 19.5. The van der Waals surface area contributed by atoms with Gasteiger partial charge in [0.2, 0.25) is 5.91 Å². The maximum Gasteiger partial charge on any atom is 0.223 e. The Kier molecular flexibility index (Phi) is 7.36. The van der Waals surface area contributed by atoms with Gasteiger partial charge in [0, 0.05) is 38.2 Å². The van der Waals surface area contributed by atoms with E-state index in [2.05, 4.69) is 27.0 Å². The first-order chi connectivity index (χ1) is 13.3. The summed E-state index contributed by atoms with van der Waals surface area (Å²) in [6.07, 6.45) is 6.74. The Morgan fingerprint density at radius 3 is 2.59 bits per heavy atom. The lowest BCUT2D eigenvalue weighted by atomic mass is 9.85. The minimum Gasteiger partial charge on any atom is -0.493 e. The predicted octanol–water partition coefficient (Wildman–Crippen LogP) is 2.45. The number of carbonyl (C=O) groups is 1. The molecule has 3 N–H and O–H groups in total. The SMILES string of the molecule is CN=C(NCCCNC(=O)C1CCC1)NCc1ccccc1OCC1CC1. The molecule has 3 rings (SSSR count). The van der Waals surface area contributed by atoms with Gasteiger partial charge in [-0.25, -0.2) is 0 Å². The quantitative estimate of drug-likeness (QED) is 0.335. The number of carbonyl (C=O) groups excluding carboxylic acids is 1. The average Bonchev–Trinajstić information content (AvgIpc) is 3.46. The van der Waals surface area contributed by atoms with Crippen molar-refractivity contribution < 1.29 is 9.53 Å². The van der Waals surface area contributed by atoms with Crippen LogP contribution in [0.25, 0.3) is 0 Å². The van der Waals surface area contributed by atoms with E-state index in [0.717, 1.165) is 55.6 Å². The van der Waals surface area contributed by atoms with Crippen LogP contribution in [0.4, 0.5) is 0 Å². The molecule has 0 spiro atoms. The number of amides is 1. The van der Waals surface area contributed by atoms with Crippen molar-refractivity contribution in [3.05, 3.63) is 29.8 Å². The highest BCUT2D eigenvalue weighted by atomic mass is 16.5. The van der Waals surface area contributed by atoms with Crippen molar-refractivity contribution in [2.75, 3.05) is 26.7 Å². The third-order valence-corrected chi connectivity index (χ3v) is 5.24. The number of benzene rings is 1. The minimum absolute atomic E-state index is 0.214. The van der Waals surface area contributed by atoms with E-state index in [1.807, 2.05) is 18.2 Å². The maximum atomic E-state index is 11.8. The van der Waals surface area contributed by atoms with E-state index in [-0.39, 0.29) is 11.8 Å². The first-order valence-corrected chi connectivity index (χ1v) is 10.2. The minimum atomic E-state index is 0.214. The highest BCUT2D eigenvalue weighted by molar-refractivity contribution is 5.80. The molecule has 2 fully saturated rings. The normalized spacial score (nSPS) is 17.1. The van der Waals surface area contributed by atoms with Crippen molar-refractivity contribution in [2.45, 2.75) is 45.1 Å². The Balaban J connectivity index is 1.33. The second-order valence-corrected chi connectivity index (χ2v) is 7.49. The molecule has 0 atom stereocenters. The molecule has 6 heteroatoms. The fourth-order valence-electron chi connectivity index (χ4n) is 3.00. The zero-order valence-electron chi connectivity index (χ0n) is 16.3. The van der Waals surface area contributed by atoms with E-state index in [0.29, 0.717) is 13.1 Å². The van der Waals surface area contributed by atoms with Gasteiger partial charge in [-0.3, -0.25) is 9.79 Å². The number of nitrogens with zero attached hydrogens (tertiary/aromatic N) is 1. The molecular weight excluding hydrogens is 340 g/mol. The van der Waals surface area contributed by atoms with Crippen molar-refractivity contribution in [1.29, 1.82) is 0 Å². The number of nitrogens with one attached hydrogen (secondary N) is 3. The van der Waals surface area contributed by atoms with Gasteiger partial charge in [0.15, 0.2) is 5.96 Å². The molecule has 0 unspecified atom stereocenters. The Hall–Kier alpha value is -2.24. The van der Waals surface area contributed by atoms with Gasteiger partial charge in [0.05, 0.1) is 6.61 Å². The molecule has 2 aliphatic carbocycles. The molecule has 0 saturated heterocycles. The number of hydrogen-bond acceptors (Lipinski definition) is 3. The number of rotatable bonds is 10. The highest BCUT2D eigenvalue weighted by Crippen LogP contribution is 2.30. The molecule has 0 bridgehead atoms. The first-order valence-electron chi connectivity index (χ1n) is 10.2. The van der Waals surface area contributed by atoms with Gasteiger partial charge in [0.25, 0.3) is 0 Å². The fourth-order valence-corrected chi connectivity index (χ4v) is 3.00. The van der Waals surface area contributed by atoms with Gasteiger partial charge in [-0.15, -0.1) is 0 Å². The van der Waals surface area contributed by atoms with Crippen LogP contribution in [-0.4, -0.2) is 38.6 Å². The summed E-state index contributed by atoms with van der Waals surface area (Å²) in [5, 5.41) is 9.65. The molecule has 0 aromatic heterocycles. The molecule has 0 aliphatic heterocycles. The van der Waals surface area contributed by atoms with Crippen LogP contribution >= 0.6 is 0 Å². The second kappa shape index (κ2) is 10.2. The Labute approximate surface area is 162 Å². The van der Waals surface area contributed by atoms with Gasteiger partial charge in [-0.1, -0.05) is 24.6 Å². The third kappa shape index (κ3) is 6.45. The van der Waals surface area contributed by atoms with E-state index in [1.54, 1.807) is 7.05 Å². The molecule has 1 aromatic rings. The molecule has 1 aromatic carbocycles. The Morgan fingerprint density at radius 1 is 1.11 bits per heavy atom. The number of hydrogen-bond donors (Lipinski definition) is 3. The van der Waals surface area contributed by atoms with E-state index < -0.39 is 0 Å². The zero-order valence-corrected chi connectivity index (χ0v) is 16.3. The van der Waals surface area contributed by atoms with Crippen molar-refractivity contribution in [3.8, 4) is 5.75 Å². The van der Waals surface area contributed by atoms with Crippen molar-refractivity contribution >= 4 is 11.9 Å². The lowest BCUT2D eigenvalue weighted by molar-refractivity contribution is -0.127. The lowest BCUT2D eigenvalue weighted by Crippen LogP contribution is -2.39. The summed E-state index contributed by atoms with van der Waals surface area (Å²) >= 11 is 0. The van der Waals surface area contributed by atoms with Crippen LogP contribution in [0.5, 0.6) is 5.75 Å². The summed E-state index contributed by atoms with van der Waals surface area (Å²) < 4.78 is 5.96. The number of guanidine groups is 1. The topological polar surface area (TPSA) is 74.8 Å². The fraction of sp³-hybridized carbons (Fsp3) is 0.619. The van der Waals surface area contributed by atoms with Crippen LogP contribution in [0.2, 0.25) is 0 Å². The van der Waals surface area contributed by atoms with E-state index >= 15 is 0 Å². The summed E-state index contributed by atoms with van der Waals surface area (Å²) in [5.74, 6) is 2.93. The van der Waals surface area contributed by atoms with Crippen LogP contribution in [0.3, 0.4) is 0 Å². The lowest BCUT2D eigenvalue weighted by Gasteiger charge is -2.24. The van der Waals surface area contributed by atoms with Gasteiger partial charge < -0.3 is 20.7 Å². The second-order valence-electron chi connectivity index (χ2n) is 7.49. The van der Waals surface area contributed by atoms with E-state index in [4.69, 9.17) is 4.74 Å². The van der Waals surface area contributed by atoms with Gasteiger partial charge in [-0.2, -0.15) is 0 Å². The summed E-state index contributed by atoms with van der Waals surface area (Å²) in [7, 11) is 1.77. The standard InChI is InChI=1S/C21H32N4O2/c1-22-21(24-13-5-12-23-20(26)17-7-4-8-17)25-14-18-6-2-3-9-19(18)27-15-16-10-11-16/h2-3,6,9,16-17H,4-5,7-8,10-15H2,1H3,(H,23,26)(H2,22,24,25). The molecule has 2 aliphatic rings. The molecular formula is C21H32N4O2. The number of ether oxygens (including phenoxy) is 1. The van der Waals surface area contributed by atoms with Crippen LogP contribution in [0.15, 0.2) is 29.3 Å². The largest absolute Gasteiger partial charge is 0.493 e. The van der Waals surface area contributed by atoms with E-state index in [9.17, 15) is 4.79 Å². The summed E-state index contributed by atoms with van der Waals surface area (Å²) in [5.41, 5.74) is 1.13. The molecule has 0 radical (unpaired) electrons. The van der Waals surface area contributed by atoms with Gasteiger partial charge >= 0.3 is 0 Å². The maximum absolute atomic E-state index is 11.8. The molecule has 2 saturated carbocycles. The van der Waals surface area contributed by atoms with Crippen molar-refractivity contribution in [2.24, 2.45) is 16.8 Å². The Bertz CT molecular complexity index is 639. The molecule has 1 amide bonds. The molecule has 6 nitrogen and oxygen atoms in total. The number of para-hydroxylation sites is 1. The number of aliphatic imine (C=N–C) groups is 1. The smallest absolute Gasteiger partial charge is 0.223 e. The third-order valence-electron chi connectivity index (χ3n) is 5.24. The Morgan fingerprint density at radius 2 is 1.89 bits per heavy atom. The summed E-state index contributed by atoms with van der Waals surface area (Å²) in [6.45, 7) is 2.96. The van der Waals surface area contributed by atoms with Crippen LogP contribution in [0, 0.1) is 11.8 Å². The van der Waals surface area contributed by atoms with Crippen LogP contribution < -0.4 is 20.7 Å². The van der Waals surface area contributed by atoms with Gasteiger partial charge in [0.1, 0.15) is 5.75 Å². The summed E-state index contributed by atoms with van der Waals surface area (Å²) in [4.78, 5) is 16.1. The zero-order chi connectivity index (χ0) is 18.9. The van der Waals surface area contributed by atoms with Crippen molar-refractivity contribution in [3.63, 3.8) is 0 Å². The highest BCUT2D eigenvalue weighted by Gasteiger charge is 2.24. The van der Waals surface area contributed by atoms with E-state index in [1.165, 1.54) is 19.3 Å². The average molecular weight is 373 g/mol. The van der Waals surface area contributed by atoms with Crippen LogP contribution in [0.1, 0.15) is 44.1 Å². The molecule has 0 heterocycles. The predicted molar refractivity (Wildman–Crippen MR) is 108 cm³/mol. The van der Waals surface area contributed by atoms with Crippen molar-refractivity contribution in [1.82, 2.24) is 16.0 Å². The van der Waals surface area contributed by atoms with Gasteiger partial charge in [-0.05, 0) is 44.1 Å². The monoisotopic (exact) mass is 372 g/mol. The molecule has 27 heavy (non-hydrogen) atoms. The van der Waals surface area contributed by atoms with Crippen LogP contribution in [-0.2, 0) is 11.3 Å².